The maximum Gasteiger partial charge on any atom is 0.319 e. The molecule has 0 radical (unpaired) electrons. The summed E-state index contributed by atoms with van der Waals surface area (Å²) in [5.74, 6) is -8.90. The molecule has 2 atom stereocenters. The van der Waals surface area contributed by atoms with Gasteiger partial charge in [-0.2, -0.15) is 0 Å². The first kappa shape index (κ1) is 21.5. The minimum absolute atomic E-state index is 0.188. The van der Waals surface area contributed by atoms with Crippen LogP contribution in [0.4, 0.5) is 4.39 Å². The van der Waals surface area contributed by atoms with Crippen molar-refractivity contribution in [1.29, 1.82) is 0 Å². The molecule has 0 saturated carbocycles. The van der Waals surface area contributed by atoms with Crippen molar-refractivity contribution in [3.8, 4) is 0 Å². The second kappa shape index (κ2) is 9.38. The largest absolute Gasteiger partial charge is 0.463 e. The zero-order chi connectivity index (χ0) is 20.8. The first-order valence-electron chi connectivity index (χ1n) is 8.45. The molecule has 2 amide bonds. The van der Waals surface area contributed by atoms with Gasteiger partial charge < -0.3 is 19.7 Å². The van der Waals surface area contributed by atoms with E-state index in [1.165, 1.54) is 12.1 Å². The van der Waals surface area contributed by atoms with E-state index in [1.807, 2.05) is 0 Å². The Morgan fingerprint density at radius 1 is 0.964 bits per heavy atom. The third-order valence-electron chi connectivity index (χ3n) is 4.35. The molecular formula is C18H20FNO8. The highest BCUT2D eigenvalue weighted by Crippen LogP contribution is 2.40. The Morgan fingerprint density at radius 2 is 1.39 bits per heavy atom. The number of nitrogens with zero attached hydrogens (tertiary/aromatic N) is 1. The first-order valence-corrected chi connectivity index (χ1v) is 8.45. The summed E-state index contributed by atoms with van der Waals surface area (Å²) >= 11 is 0. The van der Waals surface area contributed by atoms with Crippen molar-refractivity contribution in [1.82, 2.24) is 4.90 Å². The minimum Gasteiger partial charge on any atom is -0.463 e. The number of rotatable bonds is 7. The maximum atomic E-state index is 13.3. The predicted octanol–water partition coefficient (Wildman–Crippen LogP) is -0.789. The Labute approximate surface area is 159 Å². The third kappa shape index (κ3) is 4.34. The molecule has 2 rings (SSSR count). The van der Waals surface area contributed by atoms with E-state index in [4.69, 9.17) is 19.7 Å². The Balaban J connectivity index is 2.53. The second-order valence-electron chi connectivity index (χ2n) is 6.05. The Kier molecular flexibility index (Phi) is 7.18. The highest BCUT2D eigenvalue weighted by molar-refractivity contribution is 6.14. The van der Waals surface area contributed by atoms with Crippen LogP contribution >= 0.6 is 0 Å². The van der Waals surface area contributed by atoms with Crippen molar-refractivity contribution in [2.24, 2.45) is 11.8 Å². The Bertz CT molecular complexity index is 710. The van der Waals surface area contributed by atoms with Gasteiger partial charge >= 0.3 is 11.9 Å². The van der Waals surface area contributed by atoms with Gasteiger partial charge in [0.2, 0.25) is 11.8 Å². The van der Waals surface area contributed by atoms with E-state index < -0.39 is 60.5 Å². The van der Waals surface area contributed by atoms with Gasteiger partial charge in [0.05, 0.1) is 13.2 Å². The van der Waals surface area contributed by atoms with Gasteiger partial charge in [0, 0.05) is 13.0 Å². The monoisotopic (exact) mass is 397 g/mol. The van der Waals surface area contributed by atoms with Gasteiger partial charge in [0.1, 0.15) is 30.9 Å². The van der Waals surface area contributed by atoms with Crippen LogP contribution in [0.15, 0.2) is 24.3 Å². The highest BCUT2D eigenvalue weighted by atomic mass is 19.1. The van der Waals surface area contributed by atoms with Gasteiger partial charge in [-0.15, -0.1) is 0 Å². The highest BCUT2D eigenvalue weighted by Gasteiger charge is 2.55. The van der Waals surface area contributed by atoms with Crippen LogP contribution in [0.25, 0.3) is 0 Å². The van der Waals surface area contributed by atoms with Crippen LogP contribution in [-0.2, 0) is 28.7 Å². The molecule has 1 aliphatic heterocycles. The molecule has 1 saturated heterocycles. The number of amides is 2. The average molecular weight is 397 g/mol. The second-order valence-corrected chi connectivity index (χ2v) is 6.05. The lowest BCUT2D eigenvalue weighted by Crippen LogP contribution is -2.56. The van der Waals surface area contributed by atoms with Crippen molar-refractivity contribution < 1.29 is 43.3 Å². The molecule has 0 spiro atoms. The van der Waals surface area contributed by atoms with E-state index >= 15 is 0 Å². The Hall–Kier alpha value is -2.85. The zero-order valence-electron chi connectivity index (χ0n) is 15.0. The summed E-state index contributed by atoms with van der Waals surface area (Å²) in [7, 11) is 1.12. The molecule has 9 nitrogen and oxygen atoms in total. The summed E-state index contributed by atoms with van der Waals surface area (Å²) in [6, 6.07) is 4.64. The number of imide groups is 1. The van der Waals surface area contributed by atoms with Crippen LogP contribution in [0.1, 0.15) is 11.5 Å². The van der Waals surface area contributed by atoms with Crippen molar-refractivity contribution in [3.63, 3.8) is 0 Å². The molecule has 2 unspecified atom stereocenters. The predicted molar refractivity (Wildman–Crippen MR) is 90.0 cm³/mol. The molecule has 2 N–H and O–H groups in total. The summed E-state index contributed by atoms with van der Waals surface area (Å²) in [6.45, 7) is -1.72. The lowest BCUT2D eigenvalue weighted by Gasteiger charge is -2.38. The molecule has 1 heterocycles. The molecule has 1 aromatic rings. The fraction of sp³-hybridized carbons (Fsp3) is 0.444. The number of carbonyl (C=O) groups is 4. The van der Waals surface area contributed by atoms with Crippen LogP contribution in [0.5, 0.6) is 0 Å². The van der Waals surface area contributed by atoms with Crippen LogP contribution in [-0.4, -0.2) is 72.3 Å². The number of benzene rings is 1. The van der Waals surface area contributed by atoms with Crippen molar-refractivity contribution in [3.05, 3.63) is 35.6 Å². The molecule has 152 valence electrons. The Morgan fingerprint density at radius 3 is 1.79 bits per heavy atom. The van der Waals surface area contributed by atoms with Crippen molar-refractivity contribution in [2.45, 2.75) is 5.92 Å². The summed E-state index contributed by atoms with van der Waals surface area (Å²) in [6.07, 6.45) is 0. The van der Waals surface area contributed by atoms with Gasteiger partial charge in [0.25, 0.3) is 0 Å². The molecule has 1 aromatic carbocycles. The average Bonchev–Trinajstić information content (AvgIpc) is 2.68. The summed E-state index contributed by atoms with van der Waals surface area (Å²) in [5.41, 5.74) is 0.188. The van der Waals surface area contributed by atoms with E-state index in [2.05, 4.69) is 0 Å². The number of carbonyl (C=O) groups excluding carboxylic acids is 4. The topological polar surface area (TPSA) is 130 Å². The summed E-state index contributed by atoms with van der Waals surface area (Å²) in [4.78, 5) is 50.9. The standard InChI is InChI=1S/C18H20FNO8/c1-20-15(23)13(17(25)27-8-6-21)12(10-2-4-11(19)5-3-10)14(16(20)24)18(26)28-9-7-22/h2-5,12-14,21-22H,6-9H2,1H3. The fourth-order valence-corrected chi connectivity index (χ4v) is 3.06. The van der Waals surface area contributed by atoms with Gasteiger partial charge in [-0.05, 0) is 17.7 Å². The number of aliphatic hydroxyl groups excluding tert-OH is 2. The van der Waals surface area contributed by atoms with Crippen LogP contribution in [0, 0.1) is 17.7 Å². The maximum absolute atomic E-state index is 13.3. The minimum atomic E-state index is -1.58. The number of ether oxygens (including phenoxy) is 2. The van der Waals surface area contributed by atoms with E-state index in [1.54, 1.807) is 0 Å². The summed E-state index contributed by atoms with van der Waals surface area (Å²) < 4.78 is 23.0. The smallest absolute Gasteiger partial charge is 0.319 e. The van der Waals surface area contributed by atoms with E-state index in [0.717, 1.165) is 19.2 Å². The number of piperidine rings is 1. The number of aliphatic hydroxyl groups is 2. The van der Waals surface area contributed by atoms with E-state index in [-0.39, 0.29) is 18.8 Å². The van der Waals surface area contributed by atoms with E-state index in [0.29, 0.717) is 4.90 Å². The number of esters is 2. The number of likely N-dealkylation sites (tertiary alicyclic amines) is 1. The lowest BCUT2D eigenvalue weighted by atomic mass is 9.72. The summed E-state index contributed by atoms with van der Waals surface area (Å²) in [5, 5.41) is 17.7. The first-order chi connectivity index (χ1) is 13.3. The van der Waals surface area contributed by atoms with Crippen molar-refractivity contribution in [2.75, 3.05) is 33.5 Å². The van der Waals surface area contributed by atoms with Crippen LogP contribution in [0.2, 0.25) is 0 Å². The third-order valence-corrected chi connectivity index (χ3v) is 4.35. The molecule has 1 aliphatic rings. The van der Waals surface area contributed by atoms with Gasteiger partial charge in [-0.3, -0.25) is 24.1 Å². The molecule has 0 aliphatic carbocycles. The van der Waals surface area contributed by atoms with Crippen LogP contribution in [0.3, 0.4) is 0 Å². The molecule has 28 heavy (non-hydrogen) atoms. The van der Waals surface area contributed by atoms with E-state index in [9.17, 15) is 23.6 Å². The quantitative estimate of drug-likeness (QED) is 0.348. The lowest BCUT2D eigenvalue weighted by molar-refractivity contribution is -0.171. The number of hydrogen-bond acceptors (Lipinski definition) is 8. The van der Waals surface area contributed by atoms with Gasteiger partial charge in [0.15, 0.2) is 0 Å². The SMILES string of the molecule is CN1C(=O)C(C(=O)OCCO)C(c2ccc(F)cc2)C(C(=O)OCCO)C1=O. The normalized spacial score (nSPS) is 22.1. The molecule has 0 aromatic heterocycles. The molecule has 1 fully saturated rings. The number of hydrogen-bond donors (Lipinski definition) is 2. The van der Waals surface area contributed by atoms with Crippen LogP contribution < -0.4 is 0 Å². The molecule has 10 heteroatoms. The van der Waals surface area contributed by atoms with Gasteiger partial charge in [-0.1, -0.05) is 12.1 Å². The van der Waals surface area contributed by atoms with Gasteiger partial charge in [-0.25, -0.2) is 4.39 Å². The number of halogens is 1. The molecular weight excluding hydrogens is 377 g/mol. The molecule has 0 bridgehead atoms. The zero-order valence-corrected chi connectivity index (χ0v) is 15.0. The van der Waals surface area contributed by atoms with Crippen molar-refractivity contribution >= 4 is 23.8 Å². The fourth-order valence-electron chi connectivity index (χ4n) is 3.06.